The van der Waals surface area contributed by atoms with Gasteiger partial charge in [-0.2, -0.15) is 5.10 Å². The summed E-state index contributed by atoms with van der Waals surface area (Å²) in [6.45, 7) is 5.93. The number of carbonyl (C=O) groups is 2. The molecule has 1 aromatic heterocycles. The second kappa shape index (κ2) is 6.34. The zero-order valence-electron chi connectivity index (χ0n) is 14.3. The van der Waals surface area contributed by atoms with Crippen LogP contribution >= 0.6 is 0 Å². The molecule has 3 saturated heterocycles. The van der Waals surface area contributed by atoms with Crippen molar-refractivity contribution in [3.05, 3.63) is 17.5 Å². The minimum Gasteiger partial charge on any atom is -0.341 e. The van der Waals surface area contributed by atoms with Crippen molar-refractivity contribution < 1.29 is 9.59 Å². The van der Waals surface area contributed by atoms with E-state index in [0.29, 0.717) is 18.2 Å². The SMILES string of the molecule is CCCc1cc(C(=O)N2CC3CCC2CN(C(C)=O)C3)n(C)n1. The lowest BCUT2D eigenvalue weighted by Gasteiger charge is -2.35. The Kier molecular flexibility index (Phi) is 4.41. The van der Waals surface area contributed by atoms with Gasteiger partial charge in [-0.1, -0.05) is 13.3 Å². The largest absolute Gasteiger partial charge is 0.341 e. The van der Waals surface area contributed by atoms with Gasteiger partial charge in [-0.25, -0.2) is 0 Å². The van der Waals surface area contributed by atoms with E-state index in [1.807, 2.05) is 22.9 Å². The van der Waals surface area contributed by atoms with Crippen molar-refractivity contribution in [1.29, 1.82) is 0 Å². The molecule has 3 fully saturated rings. The highest BCUT2D eigenvalue weighted by atomic mass is 16.2. The Morgan fingerprint density at radius 3 is 2.74 bits per heavy atom. The Labute approximate surface area is 137 Å². The first kappa shape index (κ1) is 16.0. The van der Waals surface area contributed by atoms with Gasteiger partial charge in [0.15, 0.2) is 0 Å². The van der Waals surface area contributed by atoms with Crippen LogP contribution in [0.25, 0.3) is 0 Å². The van der Waals surface area contributed by atoms with E-state index < -0.39 is 0 Å². The quantitative estimate of drug-likeness (QED) is 0.848. The summed E-state index contributed by atoms with van der Waals surface area (Å²) in [5.41, 5.74) is 1.64. The summed E-state index contributed by atoms with van der Waals surface area (Å²) in [6.07, 6.45) is 4.00. The van der Waals surface area contributed by atoms with Gasteiger partial charge in [-0.05, 0) is 31.2 Å². The van der Waals surface area contributed by atoms with Crippen LogP contribution in [-0.4, -0.2) is 57.1 Å². The predicted molar refractivity (Wildman–Crippen MR) is 87.0 cm³/mol. The average molecular weight is 318 g/mol. The van der Waals surface area contributed by atoms with Crippen LogP contribution in [0, 0.1) is 5.92 Å². The van der Waals surface area contributed by atoms with E-state index in [-0.39, 0.29) is 17.9 Å². The fourth-order valence-corrected chi connectivity index (χ4v) is 3.84. The summed E-state index contributed by atoms with van der Waals surface area (Å²) in [5, 5.41) is 4.45. The van der Waals surface area contributed by atoms with Crippen molar-refractivity contribution in [2.45, 2.75) is 45.6 Å². The highest BCUT2D eigenvalue weighted by Gasteiger charge is 2.38. The summed E-state index contributed by atoms with van der Waals surface area (Å²) < 4.78 is 1.70. The number of hydrogen-bond acceptors (Lipinski definition) is 3. The molecule has 2 atom stereocenters. The topological polar surface area (TPSA) is 58.4 Å². The molecule has 3 aliphatic rings. The van der Waals surface area contributed by atoms with Gasteiger partial charge in [-0.3, -0.25) is 14.3 Å². The molecule has 1 aromatic rings. The maximum absolute atomic E-state index is 13.0. The molecule has 2 unspecified atom stereocenters. The van der Waals surface area contributed by atoms with Crippen LogP contribution in [0.15, 0.2) is 6.07 Å². The molecule has 0 aliphatic carbocycles. The minimum absolute atomic E-state index is 0.0578. The molecule has 2 bridgehead atoms. The number of piperidine rings is 1. The van der Waals surface area contributed by atoms with Gasteiger partial charge >= 0.3 is 0 Å². The van der Waals surface area contributed by atoms with Crippen molar-refractivity contribution in [2.75, 3.05) is 19.6 Å². The summed E-state index contributed by atoms with van der Waals surface area (Å²) in [7, 11) is 1.84. The Balaban J connectivity index is 1.81. The number of hydrogen-bond donors (Lipinski definition) is 0. The Hall–Kier alpha value is -1.85. The lowest BCUT2D eigenvalue weighted by atomic mass is 9.94. The third-order valence-corrected chi connectivity index (χ3v) is 5.08. The van der Waals surface area contributed by atoms with E-state index in [4.69, 9.17) is 0 Å². The van der Waals surface area contributed by atoms with Gasteiger partial charge in [-0.15, -0.1) is 0 Å². The molecule has 0 aromatic carbocycles. The number of nitrogens with zero attached hydrogens (tertiary/aromatic N) is 4. The smallest absolute Gasteiger partial charge is 0.272 e. The molecule has 6 nitrogen and oxygen atoms in total. The molecule has 0 radical (unpaired) electrons. The molecule has 6 heteroatoms. The van der Waals surface area contributed by atoms with Crippen LogP contribution < -0.4 is 0 Å². The van der Waals surface area contributed by atoms with E-state index in [9.17, 15) is 9.59 Å². The monoisotopic (exact) mass is 318 g/mol. The van der Waals surface area contributed by atoms with Gasteiger partial charge in [0.25, 0.3) is 5.91 Å². The standard InChI is InChI=1S/C17H26N4O2/c1-4-5-14-8-16(19(3)18-14)17(23)21-10-13-6-7-15(21)11-20(9-13)12(2)22/h8,13,15H,4-7,9-11H2,1-3H3. The van der Waals surface area contributed by atoms with Crippen LogP contribution in [0.3, 0.4) is 0 Å². The van der Waals surface area contributed by atoms with Crippen molar-refractivity contribution in [1.82, 2.24) is 19.6 Å². The number of carbonyl (C=O) groups excluding carboxylic acids is 2. The van der Waals surface area contributed by atoms with Crippen LogP contribution in [0.2, 0.25) is 0 Å². The zero-order chi connectivity index (χ0) is 16.6. The maximum Gasteiger partial charge on any atom is 0.272 e. The molecule has 0 spiro atoms. The van der Waals surface area contributed by atoms with Gasteiger partial charge in [0.2, 0.25) is 5.91 Å². The molecular formula is C17H26N4O2. The van der Waals surface area contributed by atoms with Crippen molar-refractivity contribution in [3.63, 3.8) is 0 Å². The van der Waals surface area contributed by atoms with Crippen LogP contribution in [0.4, 0.5) is 0 Å². The summed E-state index contributed by atoms with van der Waals surface area (Å²) in [6, 6.07) is 2.06. The second-order valence-electron chi connectivity index (χ2n) is 6.87. The average Bonchev–Trinajstić information content (AvgIpc) is 2.70. The Morgan fingerprint density at radius 1 is 1.26 bits per heavy atom. The molecule has 0 N–H and O–H groups in total. The lowest BCUT2D eigenvalue weighted by Crippen LogP contribution is -2.48. The Bertz CT molecular complexity index is 610. The lowest BCUT2D eigenvalue weighted by molar-refractivity contribution is -0.129. The third-order valence-electron chi connectivity index (χ3n) is 5.08. The van der Waals surface area contributed by atoms with E-state index in [1.54, 1.807) is 11.6 Å². The molecule has 0 saturated carbocycles. The van der Waals surface area contributed by atoms with E-state index >= 15 is 0 Å². The van der Waals surface area contributed by atoms with E-state index in [1.165, 1.54) is 0 Å². The van der Waals surface area contributed by atoms with E-state index in [0.717, 1.165) is 44.5 Å². The number of aromatic nitrogens is 2. The van der Waals surface area contributed by atoms with Gasteiger partial charge < -0.3 is 9.80 Å². The van der Waals surface area contributed by atoms with Crippen LogP contribution in [0.1, 0.15) is 49.3 Å². The van der Waals surface area contributed by atoms with Crippen molar-refractivity contribution in [3.8, 4) is 0 Å². The number of amides is 2. The first-order chi connectivity index (χ1) is 11.0. The van der Waals surface area contributed by atoms with Crippen LogP contribution in [0.5, 0.6) is 0 Å². The molecule has 4 rings (SSSR count). The predicted octanol–water partition coefficient (Wildman–Crippen LogP) is 1.46. The number of fused-ring (bicyclic) bond motifs is 4. The molecule has 2 amide bonds. The molecular weight excluding hydrogens is 292 g/mol. The Morgan fingerprint density at radius 2 is 2.04 bits per heavy atom. The summed E-state index contributed by atoms with van der Waals surface area (Å²) >= 11 is 0. The fraction of sp³-hybridized carbons (Fsp3) is 0.706. The number of rotatable bonds is 3. The highest BCUT2D eigenvalue weighted by molar-refractivity contribution is 5.93. The van der Waals surface area contributed by atoms with Gasteiger partial charge in [0.05, 0.1) is 5.69 Å². The first-order valence-corrected chi connectivity index (χ1v) is 8.59. The third kappa shape index (κ3) is 3.12. The summed E-state index contributed by atoms with van der Waals surface area (Å²) in [5.74, 6) is 0.564. The first-order valence-electron chi connectivity index (χ1n) is 8.59. The second-order valence-corrected chi connectivity index (χ2v) is 6.87. The molecule has 3 aliphatic heterocycles. The fourth-order valence-electron chi connectivity index (χ4n) is 3.84. The maximum atomic E-state index is 13.0. The van der Waals surface area contributed by atoms with Crippen LogP contribution in [-0.2, 0) is 18.3 Å². The minimum atomic E-state index is 0.0578. The zero-order valence-corrected chi connectivity index (χ0v) is 14.3. The normalized spacial score (nSPS) is 24.0. The van der Waals surface area contributed by atoms with Gasteiger partial charge in [0, 0.05) is 39.6 Å². The number of aryl methyl sites for hydroxylation is 2. The van der Waals surface area contributed by atoms with E-state index in [2.05, 4.69) is 12.0 Å². The molecule has 23 heavy (non-hydrogen) atoms. The molecule has 4 heterocycles. The summed E-state index contributed by atoms with van der Waals surface area (Å²) in [4.78, 5) is 28.7. The highest BCUT2D eigenvalue weighted by Crippen LogP contribution is 2.29. The molecule has 126 valence electrons. The van der Waals surface area contributed by atoms with Crippen molar-refractivity contribution >= 4 is 11.8 Å². The van der Waals surface area contributed by atoms with Crippen molar-refractivity contribution in [2.24, 2.45) is 13.0 Å². The van der Waals surface area contributed by atoms with Gasteiger partial charge in [0.1, 0.15) is 5.69 Å².